The third-order valence-electron chi connectivity index (χ3n) is 3.50. The minimum absolute atomic E-state index is 0.204. The number of aromatic carboxylic acids is 1. The Hall–Kier alpha value is -2.30. The van der Waals surface area contributed by atoms with Gasteiger partial charge < -0.3 is 14.8 Å². The highest BCUT2D eigenvalue weighted by Gasteiger charge is 2.19. The summed E-state index contributed by atoms with van der Waals surface area (Å²) in [5.74, 6) is -1.24. The van der Waals surface area contributed by atoms with Gasteiger partial charge in [0, 0.05) is 17.3 Å². The molecule has 1 heterocycles. The molecule has 0 saturated carbocycles. The second kappa shape index (κ2) is 6.44. The summed E-state index contributed by atoms with van der Waals surface area (Å²) in [5, 5.41) is 10.3. The molecule has 5 heteroatoms. The van der Waals surface area contributed by atoms with E-state index in [0.717, 1.165) is 22.0 Å². The van der Waals surface area contributed by atoms with E-state index in [-0.39, 0.29) is 18.1 Å². The van der Waals surface area contributed by atoms with Crippen LogP contribution in [0.2, 0.25) is 0 Å². The first kappa shape index (κ1) is 17.1. The van der Waals surface area contributed by atoms with Gasteiger partial charge in [-0.25, -0.2) is 4.79 Å². The smallest absolute Gasteiger partial charge is 0.352 e. The number of fused-ring (bicyclic) bond motifs is 1. The summed E-state index contributed by atoms with van der Waals surface area (Å²) in [6, 6.07) is 5.80. The summed E-state index contributed by atoms with van der Waals surface area (Å²) in [4.78, 5) is 26.2. The average Bonchev–Trinajstić information content (AvgIpc) is 2.75. The van der Waals surface area contributed by atoms with Crippen LogP contribution in [0.25, 0.3) is 10.9 Å². The minimum Gasteiger partial charge on any atom is -0.477 e. The molecular weight excluding hydrogens is 294 g/mol. The third-order valence-corrected chi connectivity index (χ3v) is 3.50. The Labute approximate surface area is 135 Å². The molecule has 0 aliphatic heterocycles. The fourth-order valence-electron chi connectivity index (χ4n) is 2.61. The third kappa shape index (κ3) is 4.34. The topological polar surface area (TPSA) is 79.4 Å². The molecule has 1 aromatic carbocycles. The summed E-state index contributed by atoms with van der Waals surface area (Å²) >= 11 is 0. The Bertz CT molecular complexity index is 737. The van der Waals surface area contributed by atoms with E-state index in [1.807, 2.05) is 45.9 Å². The van der Waals surface area contributed by atoms with Gasteiger partial charge in [-0.05, 0) is 58.2 Å². The van der Waals surface area contributed by atoms with Crippen LogP contribution in [-0.2, 0) is 16.0 Å². The van der Waals surface area contributed by atoms with Crippen LogP contribution in [0.4, 0.5) is 0 Å². The van der Waals surface area contributed by atoms with Gasteiger partial charge in [-0.1, -0.05) is 11.6 Å². The van der Waals surface area contributed by atoms with E-state index in [4.69, 9.17) is 4.74 Å². The summed E-state index contributed by atoms with van der Waals surface area (Å²) in [7, 11) is 0. The van der Waals surface area contributed by atoms with Crippen molar-refractivity contribution in [3.05, 3.63) is 35.0 Å². The van der Waals surface area contributed by atoms with Crippen LogP contribution < -0.4 is 0 Å². The fraction of sp³-hybridized carbons (Fsp3) is 0.444. The summed E-state index contributed by atoms with van der Waals surface area (Å²) in [5.41, 5.74) is 2.33. The van der Waals surface area contributed by atoms with Crippen molar-refractivity contribution < 1.29 is 19.4 Å². The van der Waals surface area contributed by atoms with E-state index in [9.17, 15) is 14.7 Å². The first-order valence-electron chi connectivity index (χ1n) is 7.74. The molecule has 1 aromatic heterocycles. The Balaban J connectivity index is 2.15. The van der Waals surface area contributed by atoms with Crippen molar-refractivity contribution in [2.24, 2.45) is 0 Å². The van der Waals surface area contributed by atoms with Crippen molar-refractivity contribution in [2.75, 3.05) is 0 Å². The maximum atomic E-state index is 11.8. The number of hydrogen-bond acceptors (Lipinski definition) is 3. The number of ether oxygens (including phenoxy) is 1. The predicted molar refractivity (Wildman–Crippen MR) is 88.8 cm³/mol. The number of aryl methyl sites for hydroxylation is 2. The van der Waals surface area contributed by atoms with E-state index in [1.165, 1.54) is 0 Å². The highest BCUT2D eigenvalue weighted by Crippen LogP contribution is 2.25. The van der Waals surface area contributed by atoms with E-state index in [2.05, 4.69) is 4.98 Å². The Morgan fingerprint density at radius 3 is 2.57 bits per heavy atom. The number of carbonyl (C=O) groups is 2. The molecule has 0 bridgehead atoms. The molecule has 2 aromatic rings. The van der Waals surface area contributed by atoms with E-state index < -0.39 is 11.6 Å². The van der Waals surface area contributed by atoms with Crippen LogP contribution in [0.15, 0.2) is 18.2 Å². The molecule has 0 fully saturated rings. The first-order valence-corrected chi connectivity index (χ1v) is 7.74. The van der Waals surface area contributed by atoms with Gasteiger partial charge in [-0.3, -0.25) is 4.79 Å². The second-order valence-electron chi connectivity index (χ2n) is 6.77. The van der Waals surface area contributed by atoms with Crippen molar-refractivity contribution in [3.63, 3.8) is 0 Å². The molecule has 0 saturated heterocycles. The number of benzene rings is 1. The van der Waals surface area contributed by atoms with Gasteiger partial charge in [-0.2, -0.15) is 0 Å². The molecule has 5 nitrogen and oxygen atoms in total. The number of carboxylic acids is 1. The lowest BCUT2D eigenvalue weighted by atomic mass is 10.0. The van der Waals surface area contributed by atoms with Crippen LogP contribution >= 0.6 is 0 Å². The largest absolute Gasteiger partial charge is 0.477 e. The van der Waals surface area contributed by atoms with Crippen molar-refractivity contribution in [1.29, 1.82) is 0 Å². The minimum atomic E-state index is -0.980. The number of rotatable bonds is 5. The highest BCUT2D eigenvalue weighted by molar-refractivity contribution is 5.97. The zero-order valence-electron chi connectivity index (χ0n) is 14.0. The predicted octanol–water partition coefficient (Wildman–Crippen LogP) is 3.84. The second-order valence-corrected chi connectivity index (χ2v) is 6.77. The maximum Gasteiger partial charge on any atom is 0.352 e. The molecule has 124 valence electrons. The number of hydrogen-bond donors (Lipinski definition) is 2. The van der Waals surface area contributed by atoms with Gasteiger partial charge in [0.25, 0.3) is 0 Å². The van der Waals surface area contributed by atoms with E-state index >= 15 is 0 Å². The molecule has 23 heavy (non-hydrogen) atoms. The first-order chi connectivity index (χ1) is 10.7. The molecule has 0 amide bonds. The molecule has 0 aliphatic carbocycles. The molecule has 0 aliphatic rings. The van der Waals surface area contributed by atoms with Gasteiger partial charge in [0.05, 0.1) is 0 Å². The summed E-state index contributed by atoms with van der Waals surface area (Å²) < 4.78 is 5.28. The lowest BCUT2D eigenvalue weighted by Crippen LogP contribution is -2.23. The number of nitrogens with one attached hydrogen (secondary N) is 1. The van der Waals surface area contributed by atoms with Crippen LogP contribution in [0.3, 0.4) is 0 Å². The average molecular weight is 317 g/mol. The zero-order chi connectivity index (χ0) is 17.2. The van der Waals surface area contributed by atoms with E-state index in [0.29, 0.717) is 12.8 Å². The van der Waals surface area contributed by atoms with Gasteiger partial charge in [0.2, 0.25) is 0 Å². The molecule has 0 spiro atoms. The van der Waals surface area contributed by atoms with Crippen molar-refractivity contribution in [1.82, 2.24) is 4.98 Å². The normalized spacial score (nSPS) is 11.7. The zero-order valence-corrected chi connectivity index (χ0v) is 14.0. The fourth-order valence-corrected chi connectivity index (χ4v) is 2.61. The Morgan fingerprint density at radius 2 is 1.96 bits per heavy atom. The molecule has 0 radical (unpaired) electrons. The molecule has 2 rings (SSSR count). The number of esters is 1. The standard InChI is InChI=1S/C18H23NO4/c1-11-8-9-14-13(10-11)12(16(19-14)17(21)22)6-5-7-15(20)23-18(2,3)4/h8-10,19H,5-7H2,1-4H3,(H,21,22). The van der Waals surface area contributed by atoms with Crippen LogP contribution in [-0.4, -0.2) is 27.6 Å². The highest BCUT2D eigenvalue weighted by atomic mass is 16.6. The lowest BCUT2D eigenvalue weighted by molar-refractivity contribution is -0.154. The maximum absolute atomic E-state index is 11.8. The van der Waals surface area contributed by atoms with Gasteiger partial charge in [-0.15, -0.1) is 0 Å². The number of carbonyl (C=O) groups excluding carboxylic acids is 1. The van der Waals surface area contributed by atoms with Crippen molar-refractivity contribution in [3.8, 4) is 0 Å². The number of aromatic nitrogens is 1. The monoisotopic (exact) mass is 317 g/mol. The summed E-state index contributed by atoms with van der Waals surface area (Å²) in [6.07, 6.45) is 1.34. The number of carboxylic acid groups (broad SMARTS) is 1. The number of H-pyrrole nitrogens is 1. The SMILES string of the molecule is Cc1ccc2[nH]c(C(=O)O)c(CCCC(=O)OC(C)(C)C)c2c1. The molecule has 0 unspecified atom stereocenters. The molecule has 0 atom stereocenters. The van der Waals surface area contributed by atoms with Crippen molar-refractivity contribution in [2.45, 2.75) is 52.6 Å². The summed E-state index contributed by atoms with van der Waals surface area (Å²) in [6.45, 7) is 7.46. The molecule has 2 N–H and O–H groups in total. The van der Waals surface area contributed by atoms with Gasteiger partial charge in [0.15, 0.2) is 0 Å². The van der Waals surface area contributed by atoms with E-state index in [1.54, 1.807) is 0 Å². The van der Waals surface area contributed by atoms with Crippen LogP contribution in [0.1, 0.15) is 55.2 Å². The Morgan fingerprint density at radius 1 is 1.26 bits per heavy atom. The number of aromatic amines is 1. The van der Waals surface area contributed by atoms with Gasteiger partial charge >= 0.3 is 11.9 Å². The van der Waals surface area contributed by atoms with Crippen LogP contribution in [0.5, 0.6) is 0 Å². The Kier molecular flexibility index (Phi) is 4.78. The quantitative estimate of drug-likeness (QED) is 0.821. The molecular formula is C18H23NO4. The lowest BCUT2D eigenvalue weighted by Gasteiger charge is -2.19. The van der Waals surface area contributed by atoms with Crippen molar-refractivity contribution >= 4 is 22.8 Å². The van der Waals surface area contributed by atoms with Gasteiger partial charge in [0.1, 0.15) is 11.3 Å². The van der Waals surface area contributed by atoms with Crippen LogP contribution in [0, 0.1) is 6.92 Å².